The fourth-order valence-corrected chi connectivity index (χ4v) is 3.50. The van der Waals surface area contributed by atoms with Crippen LogP contribution in [-0.4, -0.2) is 54.8 Å². The zero-order valence-corrected chi connectivity index (χ0v) is 14.8. The topological polar surface area (TPSA) is 65.5 Å². The number of fused-ring (bicyclic) bond motifs is 1. The number of likely N-dealkylation sites (tertiary alicyclic amines) is 1. The molecule has 1 saturated heterocycles. The van der Waals surface area contributed by atoms with Gasteiger partial charge in [-0.2, -0.15) is 0 Å². The Labute approximate surface area is 143 Å². The minimum atomic E-state index is 0.599. The molecule has 2 aromatic rings. The van der Waals surface area contributed by atoms with E-state index < -0.39 is 0 Å². The highest BCUT2D eigenvalue weighted by Crippen LogP contribution is 2.32. The summed E-state index contributed by atoms with van der Waals surface area (Å²) in [4.78, 5) is 7.32. The number of ether oxygens (including phenoxy) is 2. The normalized spacial score (nSPS) is 15.8. The molecule has 1 aromatic carbocycles. The van der Waals surface area contributed by atoms with E-state index in [4.69, 9.17) is 20.2 Å². The van der Waals surface area contributed by atoms with Crippen LogP contribution in [-0.2, 0) is 13.0 Å². The second-order valence-corrected chi connectivity index (χ2v) is 6.32. The van der Waals surface area contributed by atoms with Crippen molar-refractivity contribution in [2.75, 3.05) is 40.4 Å². The molecule has 2 N–H and O–H groups in total. The maximum atomic E-state index is 5.79. The predicted octanol–water partition coefficient (Wildman–Crippen LogP) is 2.04. The van der Waals surface area contributed by atoms with Crippen molar-refractivity contribution in [3.63, 3.8) is 0 Å². The molecule has 1 aliphatic heterocycles. The first-order valence-electron chi connectivity index (χ1n) is 8.80. The van der Waals surface area contributed by atoms with Crippen LogP contribution in [0.5, 0.6) is 11.5 Å². The molecular weight excluding hydrogens is 304 g/mol. The van der Waals surface area contributed by atoms with Gasteiger partial charge in [-0.1, -0.05) is 6.42 Å². The van der Waals surface area contributed by atoms with Gasteiger partial charge in [0.1, 0.15) is 5.82 Å². The number of methoxy groups -OCH3 is 2. The number of rotatable bonds is 7. The predicted molar refractivity (Wildman–Crippen MR) is 95.9 cm³/mol. The molecule has 6 heteroatoms. The molecule has 24 heavy (non-hydrogen) atoms. The van der Waals surface area contributed by atoms with E-state index in [1.54, 1.807) is 14.2 Å². The molecule has 0 radical (unpaired) electrons. The van der Waals surface area contributed by atoms with Crippen LogP contribution in [0.4, 0.5) is 0 Å². The van der Waals surface area contributed by atoms with Crippen molar-refractivity contribution >= 4 is 11.0 Å². The van der Waals surface area contributed by atoms with Crippen LogP contribution in [0.2, 0.25) is 0 Å². The lowest BCUT2D eigenvalue weighted by atomic mass is 10.1. The molecule has 0 amide bonds. The van der Waals surface area contributed by atoms with Crippen molar-refractivity contribution < 1.29 is 9.47 Å². The van der Waals surface area contributed by atoms with E-state index in [1.165, 1.54) is 32.4 Å². The second kappa shape index (κ2) is 7.85. The van der Waals surface area contributed by atoms with Crippen LogP contribution in [0, 0.1) is 0 Å². The number of nitrogens with two attached hydrogens (primary N) is 1. The van der Waals surface area contributed by atoms with Crippen molar-refractivity contribution in [1.82, 2.24) is 14.5 Å². The largest absolute Gasteiger partial charge is 0.493 e. The molecule has 6 nitrogen and oxygen atoms in total. The van der Waals surface area contributed by atoms with E-state index in [-0.39, 0.29) is 0 Å². The number of hydrogen-bond acceptors (Lipinski definition) is 5. The van der Waals surface area contributed by atoms with Gasteiger partial charge < -0.3 is 24.7 Å². The maximum Gasteiger partial charge on any atom is 0.163 e. The van der Waals surface area contributed by atoms with Gasteiger partial charge in [0.2, 0.25) is 0 Å². The lowest BCUT2D eigenvalue weighted by molar-refractivity contribution is 0.221. The SMILES string of the molecule is COc1cc2nc(CCN)n(CCN3CCCCC3)c2cc1OC. The van der Waals surface area contributed by atoms with Gasteiger partial charge in [0.05, 0.1) is 25.3 Å². The first kappa shape index (κ1) is 17.0. The molecule has 3 rings (SSSR count). The maximum absolute atomic E-state index is 5.79. The summed E-state index contributed by atoms with van der Waals surface area (Å²) in [6, 6.07) is 3.98. The van der Waals surface area contributed by atoms with Crippen molar-refractivity contribution in [2.24, 2.45) is 5.73 Å². The quantitative estimate of drug-likeness (QED) is 0.840. The molecule has 0 unspecified atom stereocenters. The Kier molecular flexibility index (Phi) is 5.58. The first-order chi connectivity index (χ1) is 11.8. The summed E-state index contributed by atoms with van der Waals surface area (Å²) in [5.74, 6) is 2.49. The summed E-state index contributed by atoms with van der Waals surface area (Å²) in [5, 5.41) is 0. The molecule has 2 heterocycles. The highest BCUT2D eigenvalue weighted by molar-refractivity contribution is 5.80. The fraction of sp³-hybridized carbons (Fsp3) is 0.611. The fourth-order valence-electron chi connectivity index (χ4n) is 3.50. The smallest absolute Gasteiger partial charge is 0.163 e. The van der Waals surface area contributed by atoms with Gasteiger partial charge in [0.25, 0.3) is 0 Å². The minimum absolute atomic E-state index is 0.599. The average Bonchev–Trinajstić information content (AvgIpc) is 2.96. The first-order valence-corrected chi connectivity index (χ1v) is 8.80. The molecular formula is C18H28N4O2. The van der Waals surface area contributed by atoms with E-state index in [0.29, 0.717) is 12.3 Å². The van der Waals surface area contributed by atoms with Crippen molar-refractivity contribution in [2.45, 2.75) is 32.2 Å². The molecule has 1 aliphatic rings. The van der Waals surface area contributed by atoms with Crippen molar-refractivity contribution in [1.29, 1.82) is 0 Å². The van der Waals surface area contributed by atoms with Gasteiger partial charge in [-0.05, 0) is 32.5 Å². The lowest BCUT2D eigenvalue weighted by Gasteiger charge is -2.26. The van der Waals surface area contributed by atoms with Gasteiger partial charge in [0.15, 0.2) is 11.5 Å². The molecule has 0 spiro atoms. The molecule has 1 aromatic heterocycles. The Balaban J connectivity index is 1.91. The summed E-state index contributed by atoms with van der Waals surface area (Å²) < 4.78 is 13.2. The van der Waals surface area contributed by atoms with Crippen LogP contribution >= 0.6 is 0 Å². The number of nitrogens with zero attached hydrogens (tertiary/aromatic N) is 3. The summed E-state index contributed by atoms with van der Waals surface area (Å²) in [6.07, 6.45) is 4.76. The highest BCUT2D eigenvalue weighted by atomic mass is 16.5. The van der Waals surface area contributed by atoms with Gasteiger partial charge in [-0.3, -0.25) is 0 Å². The second-order valence-electron chi connectivity index (χ2n) is 6.32. The number of benzene rings is 1. The standard InChI is InChI=1S/C18H28N4O2/c1-23-16-12-14-15(13-17(16)24-2)22(18(20-14)6-7-19)11-10-21-8-4-3-5-9-21/h12-13H,3-11,19H2,1-2H3. The molecule has 1 fully saturated rings. The zero-order chi connectivity index (χ0) is 16.9. The Morgan fingerprint density at radius 1 is 1.04 bits per heavy atom. The van der Waals surface area contributed by atoms with Crippen molar-refractivity contribution in [3.8, 4) is 11.5 Å². The Hall–Kier alpha value is -1.79. The van der Waals surface area contributed by atoms with Gasteiger partial charge in [0, 0.05) is 31.6 Å². The van der Waals surface area contributed by atoms with Crippen LogP contribution in [0.1, 0.15) is 25.1 Å². The summed E-state index contributed by atoms with van der Waals surface area (Å²) >= 11 is 0. The van der Waals surface area contributed by atoms with E-state index in [1.807, 2.05) is 12.1 Å². The highest BCUT2D eigenvalue weighted by Gasteiger charge is 2.16. The summed E-state index contributed by atoms with van der Waals surface area (Å²) in [5.41, 5.74) is 7.82. The van der Waals surface area contributed by atoms with Crippen LogP contribution in [0.15, 0.2) is 12.1 Å². The third kappa shape index (κ3) is 3.49. The third-order valence-corrected chi connectivity index (χ3v) is 4.79. The van der Waals surface area contributed by atoms with Gasteiger partial charge in [-0.15, -0.1) is 0 Å². The Morgan fingerprint density at radius 2 is 1.75 bits per heavy atom. The van der Waals surface area contributed by atoms with E-state index >= 15 is 0 Å². The van der Waals surface area contributed by atoms with Crippen LogP contribution in [0.25, 0.3) is 11.0 Å². The van der Waals surface area contributed by atoms with Crippen LogP contribution < -0.4 is 15.2 Å². The van der Waals surface area contributed by atoms with E-state index in [0.717, 1.165) is 42.1 Å². The molecule has 0 aliphatic carbocycles. The van der Waals surface area contributed by atoms with Gasteiger partial charge >= 0.3 is 0 Å². The minimum Gasteiger partial charge on any atom is -0.493 e. The third-order valence-electron chi connectivity index (χ3n) is 4.79. The molecule has 0 atom stereocenters. The summed E-state index contributed by atoms with van der Waals surface area (Å²) in [6.45, 7) is 4.99. The number of hydrogen-bond donors (Lipinski definition) is 1. The van der Waals surface area contributed by atoms with Gasteiger partial charge in [-0.25, -0.2) is 4.98 Å². The average molecular weight is 332 g/mol. The Bertz CT molecular complexity index is 677. The molecule has 132 valence electrons. The molecule has 0 bridgehead atoms. The van der Waals surface area contributed by atoms with Crippen molar-refractivity contribution in [3.05, 3.63) is 18.0 Å². The number of imidazole rings is 1. The number of aromatic nitrogens is 2. The van der Waals surface area contributed by atoms with E-state index in [2.05, 4.69) is 9.47 Å². The zero-order valence-electron chi connectivity index (χ0n) is 14.8. The van der Waals surface area contributed by atoms with Crippen LogP contribution in [0.3, 0.4) is 0 Å². The van der Waals surface area contributed by atoms with E-state index in [9.17, 15) is 0 Å². The summed E-state index contributed by atoms with van der Waals surface area (Å²) in [7, 11) is 3.32. The monoisotopic (exact) mass is 332 g/mol. The number of piperidine rings is 1. The molecule has 0 saturated carbocycles. The lowest BCUT2D eigenvalue weighted by Crippen LogP contribution is -2.32. The Morgan fingerprint density at radius 3 is 2.42 bits per heavy atom.